The van der Waals surface area contributed by atoms with Crippen LogP contribution < -0.4 is 5.32 Å². The minimum atomic E-state index is 0.735. The fourth-order valence-corrected chi connectivity index (χ4v) is 2.03. The first kappa shape index (κ1) is 12.5. The summed E-state index contributed by atoms with van der Waals surface area (Å²) in [5.74, 6) is 0. The summed E-state index contributed by atoms with van der Waals surface area (Å²) in [7, 11) is 2.23. The summed E-state index contributed by atoms with van der Waals surface area (Å²) in [5.41, 5.74) is 0. The van der Waals surface area contributed by atoms with Crippen LogP contribution in [0, 0.1) is 0 Å². The number of nitrogens with one attached hydrogen (secondary N) is 1. The van der Waals surface area contributed by atoms with Crippen molar-refractivity contribution in [2.75, 3.05) is 33.3 Å². The monoisotopic (exact) mass is 212 g/mol. The Balaban J connectivity index is 1.96. The molecule has 1 unspecified atom stereocenters. The first-order valence-electron chi connectivity index (χ1n) is 5.98. The summed E-state index contributed by atoms with van der Waals surface area (Å²) >= 11 is 0. The number of nitrogens with zero attached hydrogens (tertiary/aromatic N) is 1. The van der Waals surface area contributed by atoms with Gasteiger partial charge in [-0.15, -0.1) is 0 Å². The van der Waals surface area contributed by atoms with E-state index < -0.39 is 0 Å². The molecule has 0 bridgehead atoms. The Morgan fingerprint density at radius 2 is 2.40 bits per heavy atom. The Morgan fingerprint density at radius 1 is 1.53 bits per heavy atom. The van der Waals surface area contributed by atoms with E-state index in [0.29, 0.717) is 0 Å². The van der Waals surface area contributed by atoms with Gasteiger partial charge in [0.1, 0.15) is 0 Å². The molecular formula is C12H24N2O. The lowest BCUT2D eigenvalue weighted by molar-refractivity contribution is 0.179. The summed E-state index contributed by atoms with van der Waals surface area (Å²) < 4.78 is 5.06. The number of hydrogen-bond donors (Lipinski definition) is 1. The quantitative estimate of drug-likeness (QED) is 0.512. The number of rotatable bonds is 7. The molecule has 1 rings (SSSR count). The summed E-state index contributed by atoms with van der Waals surface area (Å²) in [5, 5.41) is 3.49. The van der Waals surface area contributed by atoms with Gasteiger partial charge < -0.3 is 15.0 Å². The molecule has 0 aromatic heterocycles. The van der Waals surface area contributed by atoms with Crippen LogP contribution in [-0.4, -0.2) is 44.2 Å². The first-order valence-corrected chi connectivity index (χ1v) is 5.98. The van der Waals surface area contributed by atoms with Crippen LogP contribution in [0.2, 0.25) is 0 Å². The Bertz CT molecular complexity index is 173. The molecule has 88 valence electrons. The van der Waals surface area contributed by atoms with Gasteiger partial charge in [-0.2, -0.15) is 0 Å². The third kappa shape index (κ3) is 5.19. The Hall–Kier alpha value is -0.540. The molecule has 0 amide bonds. The second-order valence-electron chi connectivity index (χ2n) is 4.23. The van der Waals surface area contributed by atoms with Gasteiger partial charge in [0.2, 0.25) is 0 Å². The van der Waals surface area contributed by atoms with E-state index in [1.54, 1.807) is 0 Å². The third-order valence-electron chi connectivity index (χ3n) is 3.04. The van der Waals surface area contributed by atoms with E-state index in [0.717, 1.165) is 32.2 Å². The van der Waals surface area contributed by atoms with Gasteiger partial charge >= 0.3 is 0 Å². The van der Waals surface area contributed by atoms with Gasteiger partial charge in [0.15, 0.2) is 0 Å². The highest BCUT2D eigenvalue weighted by Crippen LogP contribution is 2.13. The Kier molecular flexibility index (Phi) is 6.44. The van der Waals surface area contributed by atoms with E-state index in [-0.39, 0.29) is 0 Å². The Morgan fingerprint density at radius 3 is 3.13 bits per heavy atom. The molecule has 1 aliphatic heterocycles. The van der Waals surface area contributed by atoms with Crippen LogP contribution in [0.5, 0.6) is 0 Å². The summed E-state index contributed by atoms with van der Waals surface area (Å²) in [6, 6.07) is 0.735. The Labute approximate surface area is 93.5 Å². The van der Waals surface area contributed by atoms with Crippen LogP contribution in [0.1, 0.15) is 25.7 Å². The van der Waals surface area contributed by atoms with Crippen molar-refractivity contribution >= 4 is 0 Å². The summed E-state index contributed by atoms with van der Waals surface area (Å²) in [6.07, 6.45) is 6.65. The highest BCUT2D eigenvalue weighted by molar-refractivity contribution is 4.75. The lowest BCUT2D eigenvalue weighted by atomic mass is 10.0. The molecular weight excluding hydrogens is 188 g/mol. The predicted octanol–water partition coefficient (Wildman–Crippen LogP) is 1.61. The van der Waals surface area contributed by atoms with Crippen LogP contribution in [0.25, 0.3) is 0 Å². The van der Waals surface area contributed by atoms with Crippen LogP contribution in [0.15, 0.2) is 12.8 Å². The molecule has 0 aromatic rings. The van der Waals surface area contributed by atoms with E-state index in [1.165, 1.54) is 32.1 Å². The fourth-order valence-electron chi connectivity index (χ4n) is 2.03. The molecule has 15 heavy (non-hydrogen) atoms. The van der Waals surface area contributed by atoms with Gasteiger partial charge in [0.05, 0.1) is 12.9 Å². The van der Waals surface area contributed by atoms with Crippen LogP contribution in [0.3, 0.4) is 0 Å². The largest absolute Gasteiger partial charge is 0.502 e. The van der Waals surface area contributed by atoms with Gasteiger partial charge in [-0.25, -0.2) is 0 Å². The van der Waals surface area contributed by atoms with Gasteiger partial charge in [-0.3, -0.25) is 0 Å². The van der Waals surface area contributed by atoms with E-state index in [2.05, 4.69) is 23.8 Å². The number of hydrogen-bond acceptors (Lipinski definition) is 3. The van der Waals surface area contributed by atoms with Crippen LogP contribution >= 0.6 is 0 Å². The molecule has 1 aliphatic rings. The third-order valence-corrected chi connectivity index (χ3v) is 3.04. The molecule has 3 heteroatoms. The molecule has 1 atom stereocenters. The molecule has 0 saturated carbocycles. The van der Waals surface area contributed by atoms with Crippen LogP contribution in [-0.2, 0) is 4.74 Å². The molecule has 1 saturated heterocycles. The molecule has 1 heterocycles. The lowest BCUT2D eigenvalue weighted by Gasteiger charge is -2.32. The van der Waals surface area contributed by atoms with Crippen molar-refractivity contribution in [1.29, 1.82) is 0 Å². The topological polar surface area (TPSA) is 24.5 Å². The zero-order valence-electron chi connectivity index (χ0n) is 9.87. The molecule has 1 fully saturated rings. The normalized spacial score (nSPS) is 22.6. The minimum Gasteiger partial charge on any atom is -0.502 e. The minimum absolute atomic E-state index is 0.735. The van der Waals surface area contributed by atoms with E-state index in [9.17, 15) is 0 Å². The standard InChI is InChI=1S/C12H24N2O/c1-3-15-10-6-8-13-11-12-7-4-5-9-14(12)2/h3,12-13H,1,4-11H2,2H3. The predicted molar refractivity (Wildman–Crippen MR) is 63.9 cm³/mol. The molecule has 0 radical (unpaired) electrons. The van der Waals surface area contributed by atoms with Crippen molar-refractivity contribution < 1.29 is 4.74 Å². The number of likely N-dealkylation sites (tertiary alicyclic amines) is 1. The van der Waals surface area contributed by atoms with Crippen LogP contribution in [0.4, 0.5) is 0 Å². The number of ether oxygens (including phenoxy) is 1. The van der Waals surface area contributed by atoms with Gasteiger partial charge in [0.25, 0.3) is 0 Å². The molecule has 0 spiro atoms. The van der Waals surface area contributed by atoms with Crippen molar-refractivity contribution in [2.45, 2.75) is 31.7 Å². The summed E-state index contributed by atoms with van der Waals surface area (Å²) in [6.45, 7) is 7.70. The average molecular weight is 212 g/mol. The maximum atomic E-state index is 5.06. The molecule has 0 aromatic carbocycles. The second kappa shape index (κ2) is 7.71. The molecule has 0 aliphatic carbocycles. The smallest absolute Gasteiger partial charge is 0.0885 e. The average Bonchev–Trinajstić information content (AvgIpc) is 2.25. The zero-order chi connectivity index (χ0) is 10.9. The molecule has 3 nitrogen and oxygen atoms in total. The zero-order valence-corrected chi connectivity index (χ0v) is 9.87. The van der Waals surface area contributed by atoms with Crippen molar-refractivity contribution in [3.63, 3.8) is 0 Å². The maximum Gasteiger partial charge on any atom is 0.0885 e. The van der Waals surface area contributed by atoms with Crippen molar-refractivity contribution in [2.24, 2.45) is 0 Å². The van der Waals surface area contributed by atoms with Gasteiger partial charge in [0, 0.05) is 12.6 Å². The lowest BCUT2D eigenvalue weighted by Crippen LogP contribution is -2.43. The van der Waals surface area contributed by atoms with Gasteiger partial charge in [-0.1, -0.05) is 13.0 Å². The molecule has 1 N–H and O–H groups in total. The van der Waals surface area contributed by atoms with Gasteiger partial charge in [-0.05, 0) is 39.4 Å². The SMILES string of the molecule is C=COCCCNCC1CCCCN1C. The van der Waals surface area contributed by atoms with Crippen molar-refractivity contribution in [3.8, 4) is 0 Å². The van der Waals surface area contributed by atoms with E-state index in [4.69, 9.17) is 4.74 Å². The highest BCUT2D eigenvalue weighted by Gasteiger charge is 2.17. The number of likely N-dealkylation sites (N-methyl/N-ethyl adjacent to an activating group) is 1. The van der Waals surface area contributed by atoms with Crippen molar-refractivity contribution in [1.82, 2.24) is 10.2 Å². The maximum absolute atomic E-state index is 5.06. The second-order valence-corrected chi connectivity index (χ2v) is 4.23. The summed E-state index contributed by atoms with van der Waals surface area (Å²) in [4.78, 5) is 2.47. The van der Waals surface area contributed by atoms with Crippen molar-refractivity contribution in [3.05, 3.63) is 12.8 Å². The highest BCUT2D eigenvalue weighted by atomic mass is 16.5. The number of piperidine rings is 1. The van der Waals surface area contributed by atoms with E-state index in [1.807, 2.05) is 0 Å². The van der Waals surface area contributed by atoms with E-state index >= 15 is 0 Å². The fraction of sp³-hybridized carbons (Fsp3) is 0.833. The first-order chi connectivity index (χ1) is 7.34.